The molecule has 0 aliphatic carbocycles. The first kappa shape index (κ1) is 10.6. The third-order valence-corrected chi connectivity index (χ3v) is 3.93. The molecule has 0 spiro atoms. The Morgan fingerprint density at radius 3 is 3.12 bits per heavy atom. The van der Waals surface area contributed by atoms with E-state index in [-0.39, 0.29) is 11.7 Å². The fourth-order valence-corrected chi connectivity index (χ4v) is 3.16. The van der Waals surface area contributed by atoms with E-state index < -0.39 is 0 Å². The zero-order valence-electron chi connectivity index (χ0n) is 9.76. The molecule has 1 aromatic heterocycles. The maximum absolute atomic E-state index is 12.2. The van der Waals surface area contributed by atoms with Crippen LogP contribution >= 0.6 is 0 Å². The molecule has 0 saturated carbocycles. The molecule has 92 valence electrons. The van der Waals surface area contributed by atoms with Crippen LogP contribution in [0.2, 0.25) is 0 Å². The Balaban J connectivity index is 1.81. The third-order valence-electron chi connectivity index (χ3n) is 3.93. The fraction of sp³-hybridized carbons (Fsp3) is 0.800. The van der Waals surface area contributed by atoms with Crippen LogP contribution in [0.3, 0.4) is 0 Å². The van der Waals surface area contributed by atoms with E-state index in [9.17, 15) is 4.79 Å². The summed E-state index contributed by atoms with van der Waals surface area (Å²) in [6.07, 6.45) is 0.979. The number of carbonyl (C=O) groups excluding carboxylic acids is 1. The van der Waals surface area contributed by atoms with Gasteiger partial charge in [-0.25, -0.2) is 0 Å². The highest BCUT2D eigenvalue weighted by atomic mass is 16.2. The lowest BCUT2D eigenvalue weighted by atomic mass is 9.93. The predicted octanol–water partition coefficient (Wildman–Crippen LogP) is -0.730. The third kappa shape index (κ3) is 1.61. The van der Waals surface area contributed by atoms with Crippen LogP contribution in [0.4, 0.5) is 0 Å². The van der Waals surface area contributed by atoms with Gasteiger partial charge in [0.2, 0.25) is 0 Å². The Kier molecular flexibility index (Phi) is 2.54. The van der Waals surface area contributed by atoms with Crippen molar-refractivity contribution in [2.75, 3.05) is 19.6 Å². The summed E-state index contributed by atoms with van der Waals surface area (Å²) in [7, 11) is 0. The summed E-state index contributed by atoms with van der Waals surface area (Å²) in [5.74, 6) is 1.24. The molecular weight excluding hydrogens is 220 g/mol. The number of aromatic nitrogens is 4. The van der Waals surface area contributed by atoms with Gasteiger partial charge in [-0.05, 0) is 23.5 Å². The van der Waals surface area contributed by atoms with Gasteiger partial charge in [0, 0.05) is 25.7 Å². The molecular formula is C10H16N6O. The second kappa shape index (κ2) is 4.06. The average Bonchev–Trinajstić information content (AvgIpc) is 3.03. The minimum absolute atomic E-state index is 0.0972. The van der Waals surface area contributed by atoms with Crippen molar-refractivity contribution in [2.24, 2.45) is 11.8 Å². The highest BCUT2D eigenvalue weighted by Gasteiger charge is 2.45. The number of hydrogen-bond acceptors (Lipinski definition) is 5. The van der Waals surface area contributed by atoms with E-state index in [2.05, 4.69) is 32.9 Å². The number of aromatic amines is 1. The van der Waals surface area contributed by atoms with Crippen molar-refractivity contribution >= 4 is 5.91 Å². The SMILES string of the molecule is CCC1C2CNCC2CN1C(=O)c1nn[nH]n1. The van der Waals surface area contributed by atoms with E-state index in [1.165, 1.54) is 0 Å². The van der Waals surface area contributed by atoms with Crippen LogP contribution in [0.15, 0.2) is 0 Å². The quantitative estimate of drug-likeness (QED) is 0.707. The van der Waals surface area contributed by atoms with E-state index in [1.807, 2.05) is 4.90 Å². The summed E-state index contributed by atoms with van der Waals surface area (Å²) in [4.78, 5) is 14.1. The van der Waals surface area contributed by atoms with Gasteiger partial charge in [0.1, 0.15) is 0 Å². The highest BCUT2D eigenvalue weighted by molar-refractivity contribution is 5.90. The molecule has 1 amide bonds. The normalized spacial score (nSPS) is 31.8. The van der Waals surface area contributed by atoms with Crippen molar-refractivity contribution in [1.29, 1.82) is 0 Å². The monoisotopic (exact) mass is 236 g/mol. The molecule has 3 heterocycles. The Labute approximate surface area is 98.9 Å². The second-order valence-electron chi connectivity index (χ2n) is 4.75. The van der Waals surface area contributed by atoms with Gasteiger partial charge in [-0.1, -0.05) is 6.92 Å². The summed E-state index contributed by atoms with van der Waals surface area (Å²) in [6.45, 7) is 4.96. The molecule has 3 unspecified atom stereocenters. The number of likely N-dealkylation sites (tertiary alicyclic amines) is 1. The molecule has 0 radical (unpaired) electrons. The van der Waals surface area contributed by atoms with E-state index in [0.717, 1.165) is 26.1 Å². The number of carbonyl (C=O) groups is 1. The lowest BCUT2D eigenvalue weighted by Gasteiger charge is -2.25. The molecule has 1 aromatic rings. The molecule has 3 atom stereocenters. The van der Waals surface area contributed by atoms with Crippen LogP contribution < -0.4 is 5.32 Å². The lowest BCUT2D eigenvalue weighted by Crippen LogP contribution is -2.40. The van der Waals surface area contributed by atoms with Crippen LogP contribution in [0.1, 0.15) is 24.0 Å². The Morgan fingerprint density at radius 1 is 1.53 bits per heavy atom. The van der Waals surface area contributed by atoms with Gasteiger partial charge in [-0.3, -0.25) is 4.79 Å². The van der Waals surface area contributed by atoms with Crippen molar-refractivity contribution in [1.82, 2.24) is 30.8 Å². The van der Waals surface area contributed by atoms with Crippen molar-refractivity contribution < 1.29 is 4.79 Å². The topological polar surface area (TPSA) is 86.8 Å². The second-order valence-corrected chi connectivity index (χ2v) is 4.75. The first-order valence-electron chi connectivity index (χ1n) is 6.06. The lowest BCUT2D eigenvalue weighted by molar-refractivity contribution is 0.0699. The standard InChI is InChI=1S/C10H16N6O/c1-2-8-7-4-11-3-6(7)5-16(8)10(17)9-12-14-15-13-9/h6-8,11H,2-5H2,1H3,(H,12,13,14,15). The average molecular weight is 236 g/mol. The Bertz CT molecular complexity index is 405. The number of H-pyrrole nitrogens is 1. The summed E-state index contributed by atoms with van der Waals surface area (Å²) in [5, 5.41) is 16.7. The molecule has 17 heavy (non-hydrogen) atoms. The number of tetrazole rings is 1. The predicted molar refractivity (Wildman–Crippen MR) is 59.1 cm³/mol. The molecule has 2 saturated heterocycles. The smallest absolute Gasteiger partial charge is 0.295 e. The minimum Gasteiger partial charge on any atom is -0.332 e. The van der Waals surface area contributed by atoms with Crippen LogP contribution in [-0.4, -0.2) is 57.1 Å². The highest BCUT2D eigenvalue weighted by Crippen LogP contribution is 2.34. The van der Waals surface area contributed by atoms with Gasteiger partial charge in [-0.15, -0.1) is 10.2 Å². The largest absolute Gasteiger partial charge is 0.332 e. The maximum atomic E-state index is 12.2. The maximum Gasteiger partial charge on any atom is 0.295 e. The van der Waals surface area contributed by atoms with E-state index in [0.29, 0.717) is 17.9 Å². The van der Waals surface area contributed by atoms with E-state index >= 15 is 0 Å². The summed E-state index contributed by atoms with van der Waals surface area (Å²) in [6, 6.07) is 0.306. The van der Waals surface area contributed by atoms with Crippen LogP contribution in [0, 0.1) is 11.8 Å². The van der Waals surface area contributed by atoms with Crippen LogP contribution in [-0.2, 0) is 0 Å². The fourth-order valence-electron chi connectivity index (χ4n) is 3.16. The molecule has 2 aliphatic rings. The van der Waals surface area contributed by atoms with Crippen molar-refractivity contribution in [3.63, 3.8) is 0 Å². The van der Waals surface area contributed by atoms with Gasteiger partial charge in [0.05, 0.1) is 0 Å². The molecule has 7 nitrogen and oxygen atoms in total. The van der Waals surface area contributed by atoms with Gasteiger partial charge in [-0.2, -0.15) is 5.21 Å². The number of rotatable bonds is 2. The molecule has 0 aromatic carbocycles. The number of fused-ring (bicyclic) bond motifs is 1. The van der Waals surface area contributed by atoms with Gasteiger partial charge < -0.3 is 10.2 Å². The molecule has 7 heteroatoms. The number of amides is 1. The molecule has 2 N–H and O–H groups in total. The van der Waals surface area contributed by atoms with Crippen molar-refractivity contribution in [2.45, 2.75) is 19.4 Å². The summed E-state index contributed by atoms with van der Waals surface area (Å²) in [5.41, 5.74) is 0. The van der Waals surface area contributed by atoms with Gasteiger partial charge in [0.25, 0.3) is 11.7 Å². The zero-order valence-corrected chi connectivity index (χ0v) is 9.76. The van der Waals surface area contributed by atoms with Crippen LogP contribution in [0.25, 0.3) is 0 Å². The number of nitrogens with one attached hydrogen (secondary N) is 2. The first-order chi connectivity index (χ1) is 8.31. The molecule has 3 rings (SSSR count). The minimum atomic E-state index is -0.0972. The Hall–Kier alpha value is -1.50. The molecule has 2 aliphatic heterocycles. The number of nitrogens with zero attached hydrogens (tertiary/aromatic N) is 4. The first-order valence-corrected chi connectivity index (χ1v) is 6.06. The molecule has 2 fully saturated rings. The van der Waals surface area contributed by atoms with Crippen molar-refractivity contribution in [3.8, 4) is 0 Å². The zero-order chi connectivity index (χ0) is 11.8. The van der Waals surface area contributed by atoms with Crippen LogP contribution in [0.5, 0.6) is 0 Å². The summed E-state index contributed by atoms with van der Waals surface area (Å²) < 4.78 is 0. The van der Waals surface area contributed by atoms with Gasteiger partial charge >= 0.3 is 0 Å². The van der Waals surface area contributed by atoms with E-state index in [1.54, 1.807) is 0 Å². The van der Waals surface area contributed by atoms with E-state index in [4.69, 9.17) is 0 Å². The van der Waals surface area contributed by atoms with Gasteiger partial charge in [0.15, 0.2) is 0 Å². The molecule has 0 bridgehead atoms. The summed E-state index contributed by atoms with van der Waals surface area (Å²) >= 11 is 0. The Morgan fingerprint density at radius 2 is 2.41 bits per heavy atom. The number of hydrogen-bond donors (Lipinski definition) is 2. The van der Waals surface area contributed by atoms with Crippen molar-refractivity contribution in [3.05, 3.63) is 5.82 Å².